The first kappa shape index (κ1) is 12.0. The van der Waals surface area contributed by atoms with E-state index < -0.39 is 0 Å². The number of fused-ring (bicyclic) bond motifs is 1. The van der Waals surface area contributed by atoms with E-state index in [9.17, 15) is 0 Å². The Balaban J connectivity index is 2.05. The van der Waals surface area contributed by atoms with Crippen LogP contribution in [0.5, 0.6) is 0 Å². The Hall–Kier alpha value is -1.42. The third-order valence-corrected chi connectivity index (χ3v) is 2.95. The Bertz CT molecular complexity index is 463. The van der Waals surface area contributed by atoms with E-state index in [-0.39, 0.29) is 0 Å². The molecule has 0 fully saturated rings. The van der Waals surface area contributed by atoms with Crippen LogP contribution < -0.4 is 5.32 Å². The van der Waals surface area contributed by atoms with Crippen molar-refractivity contribution < 1.29 is 0 Å². The van der Waals surface area contributed by atoms with Crippen LogP contribution in [0.15, 0.2) is 24.5 Å². The largest absolute Gasteiger partial charge is 0.314 e. The summed E-state index contributed by atoms with van der Waals surface area (Å²) in [6.45, 7) is 5.48. The first-order chi connectivity index (χ1) is 8.33. The number of hydrogen-bond donors (Lipinski definition) is 1. The first-order valence-corrected chi connectivity index (χ1v) is 6.36. The van der Waals surface area contributed by atoms with Crippen molar-refractivity contribution in [2.75, 3.05) is 6.54 Å². The average Bonchev–Trinajstić information content (AvgIpc) is 2.81. The maximum Gasteiger partial charge on any atom is 0.155 e. The fourth-order valence-electron chi connectivity index (χ4n) is 1.93. The highest BCUT2D eigenvalue weighted by Crippen LogP contribution is 2.06. The van der Waals surface area contributed by atoms with Crippen molar-refractivity contribution >= 4 is 5.65 Å². The van der Waals surface area contributed by atoms with Crippen LogP contribution >= 0.6 is 0 Å². The van der Waals surface area contributed by atoms with E-state index in [0.29, 0.717) is 6.04 Å². The molecule has 1 atom stereocenters. The van der Waals surface area contributed by atoms with E-state index in [1.165, 1.54) is 6.42 Å². The second-order valence-corrected chi connectivity index (χ2v) is 4.32. The molecule has 0 spiro atoms. The minimum atomic E-state index is 0.521. The van der Waals surface area contributed by atoms with Crippen LogP contribution in [0, 0.1) is 0 Å². The Morgan fingerprint density at radius 3 is 3.00 bits per heavy atom. The van der Waals surface area contributed by atoms with Gasteiger partial charge in [0, 0.05) is 30.4 Å². The van der Waals surface area contributed by atoms with Gasteiger partial charge in [-0.15, -0.1) is 0 Å². The van der Waals surface area contributed by atoms with Crippen molar-refractivity contribution in [1.29, 1.82) is 0 Å². The summed E-state index contributed by atoms with van der Waals surface area (Å²) >= 11 is 0. The second-order valence-electron chi connectivity index (χ2n) is 4.32. The number of aromatic nitrogens is 3. The van der Waals surface area contributed by atoms with E-state index >= 15 is 0 Å². The smallest absolute Gasteiger partial charge is 0.155 e. The van der Waals surface area contributed by atoms with Crippen molar-refractivity contribution in [2.24, 2.45) is 0 Å². The molecule has 0 bridgehead atoms. The molecule has 0 radical (unpaired) electrons. The van der Waals surface area contributed by atoms with E-state index in [4.69, 9.17) is 0 Å². The van der Waals surface area contributed by atoms with Gasteiger partial charge in [-0.05, 0) is 25.5 Å². The normalized spacial score (nSPS) is 13.1. The Kier molecular flexibility index (Phi) is 4.09. The van der Waals surface area contributed by atoms with Gasteiger partial charge in [0.1, 0.15) is 0 Å². The van der Waals surface area contributed by atoms with E-state index in [2.05, 4.69) is 35.3 Å². The molecule has 2 aromatic rings. The summed E-state index contributed by atoms with van der Waals surface area (Å²) in [6, 6.07) is 4.51. The Morgan fingerprint density at radius 1 is 1.35 bits per heavy atom. The van der Waals surface area contributed by atoms with Gasteiger partial charge in [0.05, 0.1) is 6.20 Å². The van der Waals surface area contributed by atoms with E-state index in [1.54, 1.807) is 10.7 Å². The van der Waals surface area contributed by atoms with Gasteiger partial charge in [-0.3, -0.25) is 0 Å². The van der Waals surface area contributed by atoms with Crippen LogP contribution in [0.3, 0.4) is 0 Å². The standard InChI is InChI=1S/C13H20N4/c1-3-7-14-11(4-2)10-12-6-9-17-13(16-12)5-8-15-17/h5-6,8-9,11,14H,3-4,7,10H2,1-2H3. The summed E-state index contributed by atoms with van der Waals surface area (Å²) in [6.07, 6.45) is 7.04. The van der Waals surface area contributed by atoms with Crippen molar-refractivity contribution in [2.45, 2.75) is 39.2 Å². The van der Waals surface area contributed by atoms with Crippen LogP contribution in [0.1, 0.15) is 32.4 Å². The molecule has 0 aromatic carbocycles. The predicted octanol–water partition coefficient (Wildman–Crippen LogP) is 2.05. The van der Waals surface area contributed by atoms with E-state index in [1.807, 2.05) is 12.3 Å². The minimum absolute atomic E-state index is 0.521. The zero-order valence-corrected chi connectivity index (χ0v) is 10.6. The quantitative estimate of drug-likeness (QED) is 0.829. The van der Waals surface area contributed by atoms with Crippen molar-refractivity contribution in [3.8, 4) is 0 Å². The molecule has 2 heterocycles. The molecular weight excluding hydrogens is 212 g/mol. The highest BCUT2D eigenvalue weighted by molar-refractivity contribution is 5.36. The molecule has 92 valence electrons. The SMILES string of the molecule is CCCNC(CC)Cc1ccn2nccc2n1. The lowest BCUT2D eigenvalue weighted by Gasteiger charge is -2.15. The molecule has 1 unspecified atom stereocenters. The van der Waals surface area contributed by atoms with Gasteiger partial charge in [0.15, 0.2) is 5.65 Å². The van der Waals surface area contributed by atoms with Crippen molar-refractivity contribution in [3.05, 3.63) is 30.2 Å². The molecule has 4 nitrogen and oxygen atoms in total. The lowest BCUT2D eigenvalue weighted by molar-refractivity contribution is 0.490. The fourth-order valence-corrected chi connectivity index (χ4v) is 1.93. The van der Waals surface area contributed by atoms with Gasteiger partial charge in [-0.2, -0.15) is 5.10 Å². The number of nitrogens with one attached hydrogen (secondary N) is 1. The van der Waals surface area contributed by atoms with Crippen LogP contribution in [0.25, 0.3) is 5.65 Å². The highest BCUT2D eigenvalue weighted by atomic mass is 15.2. The number of hydrogen-bond acceptors (Lipinski definition) is 3. The molecule has 1 N–H and O–H groups in total. The topological polar surface area (TPSA) is 42.2 Å². The molecule has 0 aliphatic rings. The van der Waals surface area contributed by atoms with Crippen LogP contribution in [-0.2, 0) is 6.42 Å². The molecule has 0 aliphatic heterocycles. The minimum Gasteiger partial charge on any atom is -0.314 e. The third kappa shape index (κ3) is 3.03. The number of rotatable bonds is 6. The van der Waals surface area contributed by atoms with Gasteiger partial charge in [-0.1, -0.05) is 13.8 Å². The molecule has 2 aromatic heterocycles. The molecule has 2 rings (SSSR count). The molecule has 4 heteroatoms. The lowest BCUT2D eigenvalue weighted by Crippen LogP contribution is -2.31. The second kappa shape index (κ2) is 5.77. The van der Waals surface area contributed by atoms with Crippen LogP contribution in [0.2, 0.25) is 0 Å². The van der Waals surface area contributed by atoms with E-state index in [0.717, 1.165) is 30.7 Å². The summed E-state index contributed by atoms with van der Waals surface area (Å²) in [7, 11) is 0. The maximum absolute atomic E-state index is 4.59. The van der Waals surface area contributed by atoms with Gasteiger partial charge in [-0.25, -0.2) is 9.50 Å². The maximum atomic E-state index is 4.59. The molecule has 0 saturated heterocycles. The molecule has 0 amide bonds. The molecular formula is C13H20N4. The predicted molar refractivity (Wildman–Crippen MR) is 69.1 cm³/mol. The van der Waals surface area contributed by atoms with Crippen LogP contribution in [0.4, 0.5) is 0 Å². The van der Waals surface area contributed by atoms with Gasteiger partial charge in [0.25, 0.3) is 0 Å². The molecule has 0 saturated carbocycles. The molecule has 17 heavy (non-hydrogen) atoms. The third-order valence-electron chi connectivity index (χ3n) is 2.95. The molecule has 0 aliphatic carbocycles. The summed E-state index contributed by atoms with van der Waals surface area (Å²) in [5.74, 6) is 0. The Morgan fingerprint density at radius 2 is 2.24 bits per heavy atom. The monoisotopic (exact) mass is 232 g/mol. The van der Waals surface area contributed by atoms with Crippen molar-refractivity contribution in [1.82, 2.24) is 19.9 Å². The summed E-state index contributed by atoms with van der Waals surface area (Å²) in [5.41, 5.74) is 2.06. The van der Waals surface area contributed by atoms with Gasteiger partial charge >= 0.3 is 0 Å². The fraction of sp³-hybridized carbons (Fsp3) is 0.538. The van der Waals surface area contributed by atoms with Crippen LogP contribution in [-0.4, -0.2) is 27.2 Å². The lowest BCUT2D eigenvalue weighted by atomic mass is 10.1. The zero-order valence-electron chi connectivity index (χ0n) is 10.6. The zero-order chi connectivity index (χ0) is 12.1. The summed E-state index contributed by atoms with van der Waals surface area (Å²) in [4.78, 5) is 4.59. The summed E-state index contributed by atoms with van der Waals surface area (Å²) in [5, 5.41) is 7.69. The number of nitrogens with zero attached hydrogens (tertiary/aromatic N) is 3. The first-order valence-electron chi connectivity index (χ1n) is 6.36. The highest BCUT2D eigenvalue weighted by Gasteiger charge is 2.07. The average molecular weight is 232 g/mol. The Labute approximate surface area is 102 Å². The van der Waals surface area contributed by atoms with Gasteiger partial charge in [0.2, 0.25) is 0 Å². The summed E-state index contributed by atoms with van der Waals surface area (Å²) < 4.78 is 1.80. The van der Waals surface area contributed by atoms with Gasteiger partial charge < -0.3 is 5.32 Å². The van der Waals surface area contributed by atoms with Crippen molar-refractivity contribution in [3.63, 3.8) is 0 Å².